The molecule has 0 radical (unpaired) electrons. The summed E-state index contributed by atoms with van der Waals surface area (Å²) in [6.45, 7) is 3.66. The maximum atomic E-state index is 13.9. The van der Waals surface area contributed by atoms with E-state index in [0.29, 0.717) is 11.3 Å². The Balaban J connectivity index is 2.48. The van der Waals surface area contributed by atoms with Crippen LogP contribution in [0.2, 0.25) is 5.02 Å². The van der Waals surface area contributed by atoms with Crippen LogP contribution in [0.3, 0.4) is 0 Å². The van der Waals surface area contributed by atoms with Gasteiger partial charge >= 0.3 is 5.97 Å². The van der Waals surface area contributed by atoms with Gasteiger partial charge in [-0.3, -0.25) is 0 Å². The third-order valence-corrected chi connectivity index (χ3v) is 2.96. The fraction of sp³-hybridized carbons (Fsp3) is 0.231. The van der Waals surface area contributed by atoms with Crippen LogP contribution in [0.4, 0.5) is 4.39 Å². The van der Waals surface area contributed by atoms with Crippen LogP contribution in [0.1, 0.15) is 23.0 Å². The standard InChI is InChI=1S/C13H12ClFN2O2/c1-3-19-13(18)9-7-16-17(8(9)2)11-6-4-5-10(14)12(11)15/h4-7H,3H2,1-2H3. The van der Waals surface area contributed by atoms with Crippen molar-refractivity contribution in [3.63, 3.8) is 0 Å². The van der Waals surface area contributed by atoms with Crippen LogP contribution in [0.15, 0.2) is 24.4 Å². The van der Waals surface area contributed by atoms with Crippen molar-refractivity contribution in [1.82, 2.24) is 9.78 Å². The van der Waals surface area contributed by atoms with Gasteiger partial charge in [0.05, 0.1) is 23.5 Å². The highest BCUT2D eigenvalue weighted by Gasteiger charge is 2.18. The normalized spacial score (nSPS) is 10.5. The van der Waals surface area contributed by atoms with Gasteiger partial charge in [0.1, 0.15) is 11.3 Å². The molecular formula is C13H12ClFN2O2. The molecule has 0 amide bonds. The summed E-state index contributed by atoms with van der Waals surface area (Å²) in [5.41, 5.74) is 1.00. The molecule has 0 saturated carbocycles. The SMILES string of the molecule is CCOC(=O)c1cnn(-c2cccc(Cl)c2F)c1C. The number of benzene rings is 1. The number of carbonyl (C=O) groups excluding carboxylic acids is 1. The molecule has 0 aliphatic heterocycles. The lowest BCUT2D eigenvalue weighted by Crippen LogP contribution is -2.07. The van der Waals surface area contributed by atoms with Crippen molar-refractivity contribution >= 4 is 17.6 Å². The highest BCUT2D eigenvalue weighted by atomic mass is 35.5. The average molecular weight is 283 g/mol. The van der Waals surface area contributed by atoms with Gasteiger partial charge in [0.15, 0.2) is 5.82 Å². The van der Waals surface area contributed by atoms with Crippen LogP contribution in [0, 0.1) is 12.7 Å². The fourth-order valence-corrected chi connectivity index (χ4v) is 1.89. The summed E-state index contributed by atoms with van der Waals surface area (Å²) >= 11 is 5.73. The lowest BCUT2D eigenvalue weighted by molar-refractivity contribution is 0.0525. The van der Waals surface area contributed by atoms with E-state index in [1.807, 2.05) is 0 Å². The van der Waals surface area contributed by atoms with Gasteiger partial charge in [0.2, 0.25) is 0 Å². The molecule has 0 aliphatic rings. The van der Waals surface area contributed by atoms with Crippen LogP contribution in [0.5, 0.6) is 0 Å². The molecule has 1 aromatic heterocycles. The molecule has 4 nitrogen and oxygen atoms in total. The Kier molecular flexibility index (Phi) is 3.85. The monoisotopic (exact) mass is 282 g/mol. The third kappa shape index (κ3) is 2.46. The number of hydrogen-bond acceptors (Lipinski definition) is 3. The van der Waals surface area contributed by atoms with E-state index in [9.17, 15) is 9.18 Å². The van der Waals surface area contributed by atoms with Gasteiger partial charge in [-0.1, -0.05) is 17.7 Å². The zero-order valence-electron chi connectivity index (χ0n) is 10.5. The van der Waals surface area contributed by atoms with Gasteiger partial charge in [-0.15, -0.1) is 0 Å². The van der Waals surface area contributed by atoms with Gasteiger partial charge in [-0.2, -0.15) is 5.10 Å². The number of rotatable bonds is 3. The molecule has 0 unspecified atom stereocenters. The van der Waals surface area contributed by atoms with Crippen molar-refractivity contribution in [3.8, 4) is 5.69 Å². The van der Waals surface area contributed by atoms with Gasteiger partial charge in [0.25, 0.3) is 0 Å². The number of esters is 1. The van der Waals surface area contributed by atoms with Gasteiger partial charge in [-0.25, -0.2) is 13.9 Å². The molecule has 19 heavy (non-hydrogen) atoms. The Labute approximate surface area is 114 Å². The molecule has 1 heterocycles. The zero-order valence-corrected chi connectivity index (χ0v) is 11.2. The predicted molar refractivity (Wildman–Crippen MR) is 69.2 cm³/mol. The molecule has 1 aromatic carbocycles. The highest BCUT2D eigenvalue weighted by molar-refractivity contribution is 6.30. The van der Waals surface area contributed by atoms with Crippen LogP contribution >= 0.6 is 11.6 Å². The summed E-state index contributed by atoms with van der Waals surface area (Å²) < 4.78 is 20.1. The topological polar surface area (TPSA) is 44.1 Å². The predicted octanol–water partition coefficient (Wildman–Crippen LogP) is 3.15. The third-order valence-electron chi connectivity index (χ3n) is 2.66. The molecule has 6 heteroatoms. The summed E-state index contributed by atoms with van der Waals surface area (Å²) in [6, 6.07) is 4.60. The summed E-state index contributed by atoms with van der Waals surface area (Å²) in [5.74, 6) is -1.06. The molecule has 0 spiro atoms. The molecule has 0 aliphatic carbocycles. The second kappa shape index (κ2) is 5.40. The second-order valence-corrected chi connectivity index (χ2v) is 4.26. The van der Waals surface area contributed by atoms with E-state index >= 15 is 0 Å². The lowest BCUT2D eigenvalue weighted by Gasteiger charge is -2.07. The quantitative estimate of drug-likeness (QED) is 0.812. The Bertz CT molecular complexity index is 625. The van der Waals surface area contributed by atoms with Crippen molar-refractivity contribution < 1.29 is 13.9 Å². The summed E-state index contributed by atoms with van der Waals surface area (Å²) in [5, 5.41) is 4.01. The van der Waals surface area contributed by atoms with Gasteiger partial charge < -0.3 is 4.74 Å². The maximum Gasteiger partial charge on any atom is 0.341 e. The highest BCUT2D eigenvalue weighted by Crippen LogP contribution is 2.23. The maximum absolute atomic E-state index is 13.9. The van der Waals surface area contributed by atoms with E-state index < -0.39 is 11.8 Å². The number of halogens is 2. The largest absolute Gasteiger partial charge is 0.462 e. The van der Waals surface area contributed by atoms with Crippen LogP contribution in [0.25, 0.3) is 5.69 Å². The van der Waals surface area contributed by atoms with Crippen molar-refractivity contribution in [3.05, 3.63) is 46.5 Å². The first-order valence-electron chi connectivity index (χ1n) is 5.72. The minimum absolute atomic E-state index is 0.00471. The fourth-order valence-electron chi connectivity index (χ4n) is 1.72. The number of aromatic nitrogens is 2. The van der Waals surface area contributed by atoms with Crippen molar-refractivity contribution in [2.45, 2.75) is 13.8 Å². The first-order chi connectivity index (χ1) is 9.06. The molecule has 0 bridgehead atoms. The summed E-state index contributed by atoms with van der Waals surface area (Å²) in [7, 11) is 0. The molecule has 0 N–H and O–H groups in total. The van der Waals surface area contributed by atoms with Crippen LogP contribution in [-0.2, 0) is 4.74 Å². The Morgan fingerprint density at radius 1 is 1.53 bits per heavy atom. The van der Waals surface area contributed by atoms with Crippen LogP contribution in [-0.4, -0.2) is 22.4 Å². The molecule has 2 aromatic rings. The average Bonchev–Trinajstić information content (AvgIpc) is 2.75. The molecule has 100 valence electrons. The van der Waals surface area contributed by atoms with E-state index in [4.69, 9.17) is 16.3 Å². The van der Waals surface area contributed by atoms with E-state index in [0.717, 1.165) is 0 Å². The molecule has 2 rings (SSSR count). The van der Waals surface area contributed by atoms with E-state index in [1.54, 1.807) is 19.9 Å². The molecule has 0 atom stereocenters. The minimum Gasteiger partial charge on any atom is -0.462 e. The number of nitrogens with zero attached hydrogens (tertiary/aromatic N) is 2. The first-order valence-corrected chi connectivity index (χ1v) is 6.10. The van der Waals surface area contributed by atoms with Crippen molar-refractivity contribution in [2.24, 2.45) is 0 Å². The van der Waals surface area contributed by atoms with Gasteiger partial charge in [-0.05, 0) is 26.0 Å². The van der Waals surface area contributed by atoms with Gasteiger partial charge in [0, 0.05) is 0 Å². The smallest absolute Gasteiger partial charge is 0.341 e. The Morgan fingerprint density at radius 3 is 2.95 bits per heavy atom. The molecule has 0 fully saturated rings. The van der Waals surface area contributed by atoms with Crippen molar-refractivity contribution in [1.29, 1.82) is 0 Å². The van der Waals surface area contributed by atoms with E-state index in [-0.39, 0.29) is 17.3 Å². The zero-order chi connectivity index (χ0) is 14.0. The Morgan fingerprint density at radius 2 is 2.26 bits per heavy atom. The number of hydrogen-bond donors (Lipinski definition) is 0. The van der Waals surface area contributed by atoms with Crippen LogP contribution < -0.4 is 0 Å². The number of carbonyl (C=O) groups is 1. The summed E-state index contributed by atoms with van der Waals surface area (Å²) in [4.78, 5) is 11.7. The Hall–Kier alpha value is -1.88. The first kappa shape index (κ1) is 13.5. The summed E-state index contributed by atoms with van der Waals surface area (Å²) in [6.07, 6.45) is 1.35. The second-order valence-electron chi connectivity index (χ2n) is 3.85. The van der Waals surface area contributed by atoms with Crippen molar-refractivity contribution in [2.75, 3.05) is 6.61 Å². The molecular weight excluding hydrogens is 271 g/mol. The number of ether oxygens (including phenoxy) is 1. The van der Waals surface area contributed by atoms with E-state index in [2.05, 4.69) is 5.10 Å². The lowest BCUT2D eigenvalue weighted by atomic mass is 10.2. The minimum atomic E-state index is -0.578. The van der Waals surface area contributed by atoms with E-state index in [1.165, 1.54) is 23.0 Å². The molecule has 0 saturated heterocycles.